The smallest absolute Gasteiger partial charge is 0.00382 e. The van der Waals surface area contributed by atoms with Crippen molar-refractivity contribution in [3.8, 4) is 0 Å². The van der Waals surface area contributed by atoms with Crippen molar-refractivity contribution in [2.24, 2.45) is 0 Å². The fourth-order valence-corrected chi connectivity index (χ4v) is 7.43. The van der Waals surface area contributed by atoms with E-state index in [0.717, 1.165) is 16.9 Å². The molecule has 0 saturated carbocycles. The zero-order chi connectivity index (χ0) is 11.4. The molecule has 0 aromatic rings. The molecule has 2 unspecified atom stereocenters. The Kier molecular flexibility index (Phi) is 4.42. The molecule has 0 N–H and O–H groups in total. The van der Waals surface area contributed by atoms with Gasteiger partial charge in [0.15, 0.2) is 0 Å². The van der Waals surface area contributed by atoms with E-state index >= 15 is 0 Å². The Morgan fingerprint density at radius 1 is 0.875 bits per heavy atom. The van der Waals surface area contributed by atoms with E-state index in [1.54, 1.807) is 0 Å². The maximum absolute atomic E-state index is 4.18. The molecule has 0 amide bonds. The van der Waals surface area contributed by atoms with Crippen molar-refractivity contribution in [1.29, 1.82) is 0 Å². The van der Waals surface area contributed by atoms with Gasteiger partial charge in [0.1, 0.15) is 0 Å². The molecule has 0 spiro atoms. The van der Waals surface area contributed by atoms with E-state index in [-0.39, 0.29) is 21.8 Å². The highest BCUT2D eigenvalue weighted by Gasteiger charge is 2.26. The number of hydrogen-bond acceptors (Lipinski definition) is 0. The quantitative estimate of drug-likeness (QED) is 0.665. The zero-order valence-corrected chi connectivity index (χ0v) is 11.6. The maximum Gasteiger partial charge on any atom is 0.00382 e. The second-order valence-electron chi connectivity index (χ2n) is 4.09. The third kappa shape index (κ3) is 2.49. The van der Waals surface area contributed by atoms with E-state index in [4.69, 9.17) is 0 Å². The summed E-state index contributed by atoms with van der Waals surface area (Å²) < 4.78 is 0. The van der Waals surface area contributed by atoms with Crippen LogP contribution in [0.4, 0.5) is 0 Å². The number of hydrogen-bond donors (Lipinski definition) is 2. The Hall–Kier alpha value is -0.340. The summed E-state index contributed by atoms with van der Waals surface area (Å²) in [5, 5.41) is 11.2. The predicted molar refractivity (Wildman–Crippen MR) is 82.4 cm³/mol. The van der Waals surface area contributed by atoms with Crippen LogP contribution in [0.25, 0.3) is 0 Å². The van der Waals surface area contributed by atoms with Crippen LogP contribution in [-0.2, 0) is 0 Å². The SMILES string of the molecule is [CH2]CC(C(CC)[SH]1C=CC=C1)[SH]1C=CC=C1. The highest BCUT2D eigenvalue weighted by Crippen LogP contribution is 2.51. The standard InChI is InChI=1S/C14H21S2/c1-3-13(15-9-5-6-10-15)14(4-2)16-11-7-8-12-16/h5-16H,1,3-4H2,2H3. The summed E-state index contributed by atoms with van der Waals surface area (Å²) >= 11 is 0. The highest BCUT2D eigenvalue weighted by molar-refractivity contribution is 8.26. The molecule has 0 saturated heterocycles. The largest absolute Gasteiger partial charge is 0.209 e. The van der Waals surface area contributed by atoms with Gasteiger partial charge in [0.2, 0.25) is 0 Å². The molecule has 0 aromatic heterocycles. The topological polar surface area (TPSA) is 0 Å². The first-order chi connectivity index (χ1) is 7.86. The van der Waals surface area contributed by atoms with Crippen molar-refractivity contribution in [3.63, 3.8) is 0 Å². The van der Waals surface area contributed by atoms with Gasteiger partial charge in [-0.25, -0.2) is 21.8 Å². The first-order valence-corrected chi connectivity index (χ1v) is 9.00. The summed E-state index contributed by atoms with van der Waals surface area (Å²) in [6.45, 7) is 6.51. The van der Waals surface area contributed by atoms with Crippen LogP contribution in [0.15, 0.2) is 45.9 Å². The predicted octanol–water partition coefficient (Wildman–Crippen LogP) is 4.44. The molecule has 2 aliphatic heterocycles. The van der Waals surface area contributed by atoms with Gasteiger partial charge in [-0.2, -0.15) is 0 Å². The molecule has 1 radical (unpaired) electrons. The third-order valence-corrected chi connectivity index (χ3v) is 8.35. The molecule has 2 aliphatic rings. The molecular weight excluding hydrogens is 232 g/mol. The number of rotatable bonds is 5. The average Bonchev–Trinajstić information content (AvgIpc) is 2.97. The van der Waals surface area contributed by atoms with Gasteiger partial charge in [-0.3, -0.25) is 0 Å². The minimum atomic E-state index is -0.0451. The van der Waals surface area contributed by atoms with Crippen LogP contribution in [0.5, 0.6) is 0 Å². The molecule has 2 heterocycles. The van der Waals surface area contributed by atoms with Crippen LogP contribution in [-0.4, -0.2) is 10.5 Å². The molecule has 2 rings (SSSR count). The molecular formula is C14H21S2. The van der Waals surface area contributed by atoms with Crippen molar-refractivity contribution in [2.75, 3.05) is 0 Å². The summed E-state index contributed by atoms with van der Waals surface area (Å²) in [4.78, 5) is 0. The van der Waals surface area contributed by atoms with Crippen LogP contribution >= 0.6 is 21.8 Å². The Bertz CT molecular complexity index is 281. The van der Waals surface area contributed by atoms with Crippen molar-refractivity contribution < 1.29 is 0 Å². The third-order valence-electron chi connectivity index (χ3n) is 3.18. The Morgan fingerprint density at radius 2 is 1.31 bits per heavy atom. The van der Waals surface area contributed by atoms with Crippen LogP contribution in [0.1, 0.15) is 19.8 Å². The Balaban J connectivity index is 2.10. The fraction of sp³-hybridized carbons (Fsp3) is 0.357. The first-order valence-electron chi connectivity index (χ1n) is 5.91. The molecule has 2 atom stereocenters. The molecule has 0 aromatic carbocycles. The fourth-order valence-electron chi connectivity index (χ4n) is 2.36. The number of thiol groups is 2. The summed E-state index contributed by atoms with van der Waals surface area (Å²) in [6, 6.07) is 0. The van der Waals surface area contributed by atoms with E-state index in [0.29, 0.717) is 0 Å². The molecule has 0 fully saturated rings. The Morgan fingerprint density at radius 3 is 1.69 bits per heavy atom. The van der Waals surface area contributed by atoms with Crippen molar-refractivity contribution in [3.05, 3.63) is 52.9 Å². The lowest BCUT2D eigenvalue weighted by Gasteiger charge is -2.35. The summed E-state index contributed by atoms with van der Waals surface area (Å²) in [6.07, 6.45) is 11.2. The van der Waals surface area contributed by atoms with Gasteiger partial charge in [-0.1, -0.05) is 38.2 Å². The van der Waals surface area contributed by atoms with Crippen LogP contribution in [0.3, 0.4) is 0 Å². The lowest BCUT2D eigenvalue weighted by molar-refractivity contribution is 0.763. The molecule has 0 bridgehead atoms. The van der Waals surface area contributed by atoms with Gasteiger partial charge in [-0.15, -0.1) is 0 Å². The van der Waals surface area contributed by atoms with Crippen molar-refractivity contribution in [1.82, 2.24) is 0 Å². The van der Waals surface area contributed by atoms with E-state index < -0.39 is 0 Å². The zero-order valence-electron chi connectivity index (χ0n) is 9.79. The van der Waals surface area contributed by atoms with Crippen molar-refractivity contribution >= 4 is 21.8 Å². The van der Waals surface area contributed by atoms with Crippen LogP contribution in [0.2, 0.25) is 0 Å². The minimum absolute atomic E-state index is 0.0226. The second-order valence-corrected chi connectivity index (χ2v) is 8.40. The van der Waals surface area contributed by atoms with Gasteiger partial charge in [0, 0.05) is 10.5 Å². The van der Waals surface area contributed by atoms with Gasteiger partial charge < -0.3 is 0 Å². The summed E-state index contributed by atoms with van der Waals surface area (Å²) in [5.74, 6) is 0. The van der Waals surface area contributed by atoms with Crippen molar-refractivity contribution in [2.45, 2.75) is 30.3 Å². The lowest BCUT2D eigenvalue weighted by atomic mass is 10.2. The van der Waals surface area contributed by atoms with Gasteiger partial charge in [-0.05, 0) is 34.5 Å². The molecule has 0 aliphatic carbocycles. The minimum Gasteiger partial charge on any atom is -0.209 e. The molecule has 2 heteroatoms. The van der Waals surface area contributed by atoms with Crippen LogP contribution in [0, 0.1) is 6.92 Å². The van der Waals surface area contributed by atoms with Crippen LogP contribution < -0.4 is 0 Å². The molecule has 16 heavy (non-hydrogen) atoms. The first kappa shape index (κ1) is 12.1. The second kappa shape index (κ2) is 5.83. The normalized spacial score (nSPS) is 25.6. The lowest BCUT2D eigenvalue weighted by Crippen LogP contribution is -2.22. The van der Waals surface area contributed by atoms with E-state index in [1.807, 2.05) is 0 Å². The van der Waals surface area contributed by atoms with Gasteiger partial charge >= 0.3 is 0 Å². The molecule has 0 nitrogen and oxygen atoms in total. The van der Waals surface area contributed by atoms with E-state index in [9.17, 15) is 0 Å². The molecule has 89 valence electrons. The maximum atomic E-state index is 4.18. The summed E-state index contributed by atoms with van der Waals surface area (Å²) in [5.41, 5.74) is 0. The summed E-state index contributed by atoms with van der Waals surface area (Å²) in [7, 11) is -0.0678. The average molecular weight is 253 g/mol. The highest BCUT2D eigenvalue weighted by atomic mass is 32.2. The van der Waals surface area contributed by atoms with Gasteiger partial charge in [0.05, 0.1) is 0 Å². The van der Waals surface area contributed by atoms with Gasteiger partial charge in [0.25, 0.3) is 0 Å². The number of allylic oxidation sites excluding steroid dienone is 4. The monoisotopic (exact) mass is 253 g/mol. The van der Waals surface area contributed by atoms with E-state index in [2.05, 4.69) is 59.8 Å². The van der Waals surface area contributed by atoms with E-state index in [1.165, 1.54) is 6.42 Å². The Labute approximate surface area is 105 Å².